The van der Waals surface area contributed by atoms with Gasteiger partial charge in [0.25, 0.3) is 10.0 Å². The van der Waals surface area contributed by atoms with Gasteiger partial charge >= 0.3 is 0 Å². The zero-order valence-corrected chi connectivity index (χ0v) is 21.3. The molecule has 0 aliphatic rings. The first-order valence-electron chi connectivity index (χ1n) is 11.2. The number of nitrogens with zero attached hydrogens (tertiary/aromatic N) is 1. The lowest BCUT2D eigenvalue weighted by Crippen LogP contribution is -2.41. The zero-order valence-electron chi connectivity index (χ0n) is 19.7. The first-order valence-corrected chi connectivity index (χ1v) is 13.1. The van der Waals surface area contributed by atoms with E-state index >= 15 is 0 Å². The van der Waals surface area contributed by atoms with Gasteiger partial charge in [0.1, 0.15) is 24.7 Å². The SMILES string of the molecule is CCCc1ccc(OCCNC(=O)CN(c2ccc(OC)c(Cl)c2)S(=O)(=O)c2ccccc2)cc1. The highest BCUT2D eigenvalue weighted by molar-refractivity contribution is 7.92. The summed E-state index contributed by atoms with van der Waals surface area (Å²) in [5.41, 5.74) is 1.49. The quantitative estimate of drug-likeness (QED) is 0.353. The molecule has 0 heterocycles. The second-order valence-electron chi connectivity index (χ2n) is 7.74. The monoisotopic (exact) mass is 516 g/mol. The van der Waals surface area contributed by atoms with Crippen molar-refractivity contribution in [3.63, 3.8) is 0 Å². The minimum absolute atomic E-state index is 0.0644. The third-order valence-corrected chi connectivity index (χ3v) is 7.28. The zero-order chi connectivity index (χ0) is 25.3. The van der Waals surface area contributed by atoms with E-state index < -0.39 is 22.5 Å². The van der Waals surface area contributed by atoms with Gasteiger partial charge < -0.3 is 14.8 Å². The number of benzene rings is 3. The number of carbonyl (C=O) groups is 1. The number of sulfonamides is 1. The summed E-state index contributed by atoms with van der Waals surface area (Å²) >= 11 is 6.23. The average molecular weight is 517 g/mol. The van der Waals surface area contributed by atoms with Crippen LogP contribution >= 0.6 is 11.6 Å². The maximum absolute atomic E-state index is 13.4. The molecule has 0 spiro atoms. The Morgan fingerprint density at radius 2 is 1.74 bits per heavy atom. The van der Waals surface area contributed by atoms with Crippen molar-refractivity contribution in [3.05, 3.63) is 83.4 Å². The van der Waals surface area contributed by atoms with Crippen LogP contribution in [0.3, 0.4) is 0 Å². The van der Waals surface area contributed by atoms with Crippen LogP contribution in [0.5, 0.6) is 11.5 Å². The van der Waals surface area contributed by atoms with Gasteiger partial charge in [0.15, 0.2) is 0 Å². The molecule has 1 N–H and O–H groups in total. The Morgan fingerprint density at radius 1 is 1.03 bits per heavy atom. The first-order chi connectivity index (χ1) is 16.8. The van der Waals surface area contributed by atoms with E-state index in [1.165, 1.54) is 30.9 Å². The summed E-state index contributed by atoms with van der Waals surface area (Å²) < 4.78 is 38.6. The molecule has 0 aliphatic heterocycles. The second kappa shape index (κ2) is 12.5. The van der Waals surface area contributed by atoms with Gasteiger partial charge in [-0.05, 0) is 54.4 Å². The lowest BCUT2D eigenvalue weighted by Gasteiger charge is -2.24. The summed E-state index contributed by atoms with van der Waals surface area (Å²) in [6.45, 7) is 2.17. The maximum Gasteiger partial charge on any atom is 0.264 e. The number of aryl methyl sites for hydroxylation is 1. The molecule has 0 aromatic heterocycles. The van der Waals surface area contributed by atoms with Crippen LogP contribution in [0.4, 0.5) is 5.69 Å². The van der Waals surface area contributed by atoms with Crippen LogP contribution in [0, 0.1) is 0 Å². The maximum atomic E-state index is 13.4. The van der Waals surface area contributed by atoms with Crippen molar-refractivity contribution in [1.29, 1.82) is 0 Å². The molecular weight excluding hydrogens is 488 g/mol. The third-order valence-electron chi connectivity index (χ3n) is 5.20. The predicted octanol–water partition coefficient (Wildman–Crippen LogP) is 4.69. The summed E-state index contributed by atoms with van der Waals surface area (Å²) in [6.07, 6.45) is 2.09. The van der Waals surface area contributed by atoms with Gasteiger partial charge in [0.2, 0.25) is 5.91 Å². The Labute approximate surface area is 211 Å². The Hall–Kier alpha value is -3.23. The fourth-order valence-electron chi connectivity index (χ4n) is 3.43. The molecule has 0 aliphatic carbocycles. The van der Waals surface area contributed by atoms with E-state index in [2.05, 4.69) is 12.2 Å². The van der Waals surface area contributed by atoms with Gasteiger partial charge in [-0.2, -0.15) is 0 Å². The van der Waals surface area contributed by atoms with Gasteiger partial charge in [0, 0.05) is 0 Å². The number of anilines is 1. The minimum atomic E-state index is -4.03. The predicted molar refractivity (Wildman–Crippen MR) is 138 cm³/mol. The summed E-state index contributed by atoms with van der Waals surface area (Å²) in [6, 6.07) is 20.3. The molecule has 9 heteroatoms. The molecule has 0 saturated heterocycles. The number of halogens is 1. The van der Waals surface area contributed by atoms with E-state index in [9.17, 15) is 13.2 Å². The van der Waals surface area contributed by atoms with Crippen molar-refractivity contribution < 1.29 is 22.7 Å². The number of amides is 1. The van der Waals surface area contributed by atoms with Crippen molar-refractivity contribution in [2.45, 2.75) is 24.7 Å². The van der Waals surface area contributed by atoms with Crippen molar-refractivity contribution in [2.75, 3.05) is 31.1 Å². The standard InChI is InChI=1S/C26H29ClN2O5S/c1-3-7-20-10-13-22(14-11-20)34-17-16-28-26(30)19-29(21-12-15-25(33-2)24(27)18-21)35(31,32)23-8-5-4-6-9-23/h4-6,8-15,18H,3,7,16-17,19H2,1-2H3,(H,28,30). The lowest BCUT2D eigenvalue weighted by atomic mass is 10.1. The molecule has 0 atom stereocenters. The summed E-state index contributed by atoms with van der Waals surface area (Å²) in [4.78, 5) is 12.8. The fourth-order valence-corrected chi connectivity index (χ4v) is 5.12. The highest BCUT2D eigenvalue weighted by Crippen LogP contribution is 2.31. The van der Waals surface area contributed by atoms with E-state index in [1.54, 1.807) is 30.3 Å². The van der Waals surface area contributed by atoms with Crippen LogP contribution in [0.15, 0.2) is 77.7 Å². The number of ether oxygens (including phenoxy) is 2. The highest BCUT2D eigenvalue weighted by Gasteiger charge is 2.27. The normalized spacial score (nSPS) is 11.1. The van der Waals surface area contributed by atoms with Crippen LogP contribution in [-0.2, 0) is 21.2 Å². The Bertz CT molecular complexity index is 1220. The first kappa shape index (κ1) is 26.4. The molecule has 0 fully saturated rings. The fraction of sp³-hybridized carbons (Fsp3) is 0.269. The molecular formula is C26H29ClN2O5S. The molecule has 186 valence electrons. The van der Waals surface area contributed by atoms with Crippen molar-refractivity contribution in [3.8, 4) is 11.5 Å². The van der Waals surface area contributed by atoms with E-state index in [-0.39, 0.29) is 28.8 Å². The van der Waals surface area contributed by atoms with Crippen LogP contribution in [-0.4, -0.2) is 41.1 Å². The van der Waals surface area contributed by atoms with E-state index in [0.29, 0.717) is 11.5 Å². The second-order valence-corrected chi connectivity index (χ2v) is 10.0. The summed E-state index contributed by atoms with van der Waals surface area (Å²) in [5.74, 6) is 0.635. The van der Waals surface area contributed by atoms with Crippen LogP contribution < -0.4 is 19.1 Å². The molecule has 3 aromatic carbocycles. The van der Waals surface area contributed by atoms with Crippen molar-refractivity contribution >= 4 is 33.2 Å². The number of nitrogens with one attached hydrogen (secondary N) is 1. The lowest BCUT2D eigenvalue weighted by molar-refractivity contribution is -0.119. The van der Waals surface area contributed by atoms with Gasteiger partial charge in [-0.3, -0.25) is 9.10 Å². The molecule has 3 aromatic rings. The Morgan fingerprint density at radius 3 is 2.37 bits per heavy atom. The molecule has 35 heavy (non-hydrogen) atoms. The number of carbonyl (C=O) groups excluding carboxylic acids is 1. The number of rotatable bonds is 12. The van der Waals surface area contributed by atoms with Gasteiger partial charge in [0.05, 0.1) is 29.3 Å². The summed E-state index contributed by atoms with van der Waals surface area (Å²) in [5, 5.41) is 2.95. The molecule has 3 rings (SSSR count). The number of hydrogen-bond donors (Lipinski definition) is 1. The van der Waals surface area contributed by atoms with Crippen LogP contribution in [0.25, 0.3) is 0 Å². The molecule has 0 saturated carbocycles. The Balaban J connectivity index is 1.68. The van der Waals surface area contributed by atoms with Gasteiger partial charge in [-0.1, -0.05) is 55.3 Å². The molecule has 7 nitrogen and oxygen atoms in total. The largest absolute Gasteiger partial charge is 0.495 e. The molecule has 0 radical (unpaired) electrons. The summed E-state index contributed by atoms with van der Waals surface area (Å²) in [7, 11) is -2.56. The van der Waals surface area contributed by atoms with Crippen molar-refractivity contribution in [1.82, 2.24) is 5.32 Å². The van der Waals surface area contributed by atoms with E-state index in [0.717, 1.165) is 17.1 Å². The number of methoxy groups -OCH3 is 1. The van der Waals surface area contributed by atoms with Crippen LogP contribution in [0.1, 0.15) is 18.9 Å². The van der Waals surface area contributed by atoms with Crippen LogP contribution in [0.2, 0.25) is 5.02 Å². The minimum Gasteiger partial charge on any atom is -0.495 e. The smallest absolute Gasteiger partial charge is 0.264 e. The van der Waals surface area contributed by atoms with Gasteiger partial charge in [-0.25, -0.2) is 8.42 Å². The van der Waals surface area contributed by atoms with Crippen molar-refractivity contribution in [2.24, 2.45) is 0 Å². The third kappa shape index (κ3) is 7.13. The van der Waals surface area contributed by atoms with E-state index in [4.69, 9.17) is 21.1 Å². The average Bonchev–Trinajstić information content (AvgIpc) is 2.86. The number of hydrogen-bond acceptors (Lipinski definition) is 5. The molecule has 0 unspecified atom stereocenters. The Kier molecular flexibility index (Phi) is 9.39. The van der Waals surface area contributed by atoms with E-state index in [1.807, 2.05) is 24.3 Å². The molecule has 1 amide bonds. The highest BCUT2D eigenvalue weighted by atomic mass is 35.5. The topological polar surface area (TPSA) is 84.9 Å². The molecule has 0 bridgehead atoms. The van der Waals surface area contributed by atoms with Gasteiger partial charge in [-0.15, -0.1) is 0 Å².